The first-order chi connectivity index (χ1) is 18.0. The van der Waals surface area contributed by atoms with Crippen LogP contribution in [-0.4, -0.2) is 59.0 Å². The van der Waals surface area contributed by atoms with Crippen LogP contribution in [-0.2, 0) is 6.54 Å². The lowest BCUT2D eigenvalue weighted by molar-refractivity contribution is 0.0966. The van der Waals surface area contributed by atoms with Crippen molar-refractivity contribution in [2.24, 2.45) is 0 Å². The lowest BCUT2D eigenvalue weighted by Gasteiger charge is -2.39. The van der Waals surface area contributed by atoms with Gasteiger partial charge in [0.15, 0.2) is 0 Å². The molecule has 0 atom stereocenters. The SMILES string of the molecule is COc1ccc(C(=O)c2noc(CN3CCN(C(c4ccc(F)cc4)c4ccc(F)cc4)CC3)n2)cc1. The first-order valence-corrected chi connectivity index (χ1v) is 12.0. The van der Waals surface area contributed by atoms with Crippen molar-refractivity contribution in [3.8, 4) is 5.75 Å². The van der Waals surface area contributed by atoms with E-state index in [2.05, 4.69) is 19.9 Å². The molecule has 1 saturated heterocycles. The van der Waals surface area contributed by atoms with E-state index in [0.717, 1.165) is 37.3 Å². The molecule has 0 amide bonds. The number of benzene rings is 3. The molecule has 0 saturated carbocycles. The number of carbonyl (C=O) groups excluding carboxylic acids is 1. The smallest absolute Gasteiger partial charge is 0.243 e. The molecule has 1 fully saturated rings. The molecule has 5 rings (SSSR count). The number of methoxy groups -OCH3 is 1. The van der Waals surface area contributed by atoms with E-state index in [4.69, 9.17) is 9.26 Å². The number of piperazine rings is 1. The number of hydrogen-bond donors (Lipinski definition) is 0. The van der Waals surface area contributed by atoms with Crippen LogP contribution in [0.1, 0.15) is 39.2 Å². The second-order valence-corrected chi connectivity index (χ2v) is 8.89. The van der Waals surface area contributed by atoms with E-state index in [9.17, 15) is 13.6 Å². The van der Waals surface area contributed by atoms with E-state index in [0.29, 0.717) is 23.7 Å². The third-order valence-electron chi connectivity index (χ3n) is 6.53. The lowest BCUT2D eigenvalue weighted by Crippen LogP contribution is -2.47. The predicted molar refractivity (Wildman–Crippen MR) is 132 cm³/mol. The monoisotopic (exact) mass is 504 g/mol. The maximum Gasteiger partial charge on any atom is 0.243 e. The van der Waals surface area contributed by atoms with Gasteiger partial charge in [0, 0.05) is 31.7 Å². The van der Waals surface area contributed by atoms with Crippen molar-refractivity contribution in [1.29, 1.82) is 0 Å². The Morgan fingerprint density at radius 1 is 0.892 bits per heavy atom. The summed E-state index contributed by atoms with van der Waals surface area (Å²) in [5.41, 5.74) is 2.34. The molecule has 1 aliphatic rings. The first kappa shape index (κ1) is 24.7. The second kappa shape index (κ2) is 11.0. The first-order valence-electron chi connectivity index (χ1n) is 12.0. The number of carbonyl (C=O) groups is 1. The minimum absolute atomic E-state index is 0.0199. The van der Waals surface area contributed by atoms with Crippen LogP contribution >= 0.6 is 0 Å². The number of hydrogen-bond acceptors (Lipinski definition) is 7. The zero-order valence-corrected chi connectivity index (χ0v) is 20.3. The van der Waals surface area contributed by atoms with Crippen LogP contribution in [0.5, 0.6) is 5.75 Å². The Kier molecular flexibility index (Phi) is 7.34. The quantitative estimate of drug-likeness (QED) is 0.327. The van der Waals surface area contributed by atoms with E-state index < -0.39 is 0 Å². The summed E-state index contributed by atoms with van der Waals surface area (Å²) in [6.45, 7) is 3.33. The number of ketones is 1. The minimum atomic E-state index is -0.316. The van der Waals surface area contributed by atoms with Gasteiger partial charge in [-0.1, -0.05) is 29.4 Å². The lowest BCUT2D eigenvalue weighted by atomic mass is 9.96. The molecule has 37 heavy (non-hydrogen) atoms. The highest BCUT2D eigenvalue weighted by Gasteiger charge is 2.28. The average Bonchev–Trinajstić information content (AvgIpc) is 3.40. The highest BCUT2D eigenvalue weighted by atomic mass is 19.1. The molecule has 0 unspecified atom stereocenters. The van der Waals surface area contributed by atoms with Crippen LogP contribution < -0.4 is 4.74 Å². The van der Waals surface area contributed by atoms with Crippen molar-refractivity contribution < 1.29 is 22.8 Å². The number of halogens is 2. The third kappa shape index (κ3) is 5.73. The maximum absolute atomic E-state index is 13.6. The normalized spacial score (nSPS) is 14.7. The van der Waals surface area contributed by atoms with Crippen LogP contribution in [0.2, 0.25) is 0 Å². The molecular weight excluding hydrogens is 478 g/mol. The Bertz CT molecular complexity index is 1290. The average molecular weight is 505 g/mol. The summed E-state index contributed by atoms with van der Waals surface area (Å²) in [6.07, 6.45) is 0. The summed E-state index contributed by atoms with van der Waals surface area (Å²) < 4.78 is 37.6. The van der Waals surface area contributed by atoms with Gasteiger partial charge in [0.1, 0.15) is 17.4 Å². The molecule has 4 aromatic rings. The second-order valence-electron chi connectivity index (χ2n) is 8.89. The molecular formula is C28H26F2N4O3. The summed E-state index contributed by atoms with van der Waals surface area (Å²) >= 11 is 0. The summed E-state index contributed by atoms with van der Waals surface area (Å²) in [5.74, 6) is 0.145. The third-order valence-corrected chi connectivity index (χ3v) is 6.53. The molecule has 3 aromatic carbocycles. The van der Waals surface area contributed by atoms with Crippen LogP contribution in [0.3, 0.4) is 0 Å². The standard InChI is InChI=1S/C28H26F2N4O3/c1-36-24-12-6-21(7-13-24)27(35)28-31-25(37-32-28)18-33-14-16-34(17-15-33)26(19-2-8-22(29)9-3-19)20-4-10-23(30)11-5-20/h2-13,26H,14-18H2,1H3. The Morgan fingerprint density at radius 3 is 2.00 bits per heavy atom. The molecule has 9 heteroatoms. The van der Waals surface area contributed by atoms with Gasteiger partial charge in [0.2, 0.25) is 17.5 Å². The molecule has 0 aliphatic carbocycles. The Balaban J connectivity index is 1.24. The molecule has 7 nitrogen and oxygen atoms in total. The van der Waals surface area contributed by atoms with Gasteiger partial charge in [-0.25, -0.2) is 8.78 Å². The van der Waals surface area contributed by atoms with Crippen molar-refractivity contribution >= 4 is 5.78 Å². The zero-order valence-electron chi connectivity index (χ0n) is 20.3. The van der Waals surface area contributed by atoms with Crippen molar-refractivity contribution in [2.45, 2.75) is 12.6 Å². The molecule has 2 heterocycles. The Morgan fingerprint density at radius 2 is 1.46 bits per heavy atom. The van der Waals surface area contributed by atoms with Crippen LogP contribution in [0, 0.1) is 11.6 Å². The van der Waals surface area contributed by atoms with E-state index in [1.807, 2.05) is 0 Å². The van der Waals surface area contributed by atoms with Gasteiger partial charge >= 0.3 is 0 Å². The molecule has 0 N–H and O–H groups in total. The van der Waals surface area contributed by atoms with Crippen molar-refractivity contribution in [1.82, 2.24) is 19.9 Å². The fraction of sp³-hybridized carbons (Fsp3) is 0.250. The highest BCUT2D eigenvalue weighted by Crippen LogP contribution is 2.30. The number of aromatic nitrogens is 2. The van der Waals surface area contributed by atoms with Crippen LogP contribution in [0.15, 0.2) is 77.3 Å². The largest absolute Gasteiger partial charge is 0.497 e. The zero-order chi connectivity index (χ0) is 25.8. The summed E-state index contributed by atoms with van der Waals surface area (Å²) in [7, 11) is 1.56. The van der Waals surface area contributed by atoms with Gasteiger partial charge in [-0.2, -0.15) is 4.98 Å². The predicted octanol–water partition coefficient (Wildman–Crippen LogP) is 4.49. The Hall–Kier alpha value is -3.95. The molecule has 0 bridgehead atoms. The van der Waals surface area contributed by atoms with Gasteiger partial charge in [-0.15, -0.1) is 0 Å². The van der Waals surface area contributed by atoms with Gasteiger partial charge < -0.3 is 9.26 Å². The summed E-state index contributed by atoms with van der Waals surface area (Å²) in [5, 5.41) is 3.87. The van der Waals surface area contributed by atoms with Crippen LogP contribution in [0.25, 0.3) is 0 Å². The molecule has 0 spiro atoms. The van der Waals surface area contributed by atoms with E-state index in [1.54, 1.807) is 55.6 Å². The van der Waals surface area contributed by atoms with E-state index in [-0.39, 0.29) is 29.3 Å². The van der Waals surface area contributed by atoms with Gasteiger partial charge in [-0.05, 0) is 59.7 Å². The van der Waals surface area contributed by atoms with Gasteiger partial charge in [-0.3, -0.25) is 14.6 Å². The maximum atomic E-state index is 13.6. The van der Waals surface area contributed by atoms with E-state index >= 15 is 0 Å². The van der Waals surface area contributed by atoms with Crippen molar-refractivity contribution in [3.05, 3.63) is 113 Å². The fourth-order valence-electron chi connectivity index (χ4n) is 4.56. The molecule has 1 aliphatic heterocycles. The molecule has 0 radical (unpaired) electrons. The fourth-order valence-corrected chi connectivity index (χ4v) is 4.56. The minimum Gasteiger partial charge on any atom is -0.497 e. The number of nitrogens with zero attached hydrogens (tertiary/aromatic N) is 4. The summed E-state index contributed by atoms with van der Waals surface area (Å²) in [4.78, 5) is 21.5. The molecule has 190 valence electrons. The van der Waals surface area contributed by atoms with Crippen molar-refractivity contribution in [3.63, 3.8) is 0 Å². The van der Waals surface area contributed by atoms with Gasteiger partial charge in [0.25, 0.3) is 0 Å². The number of ether oxygens (including phenoxy) is 1. The van der Waals surface area contributed by atoms with Crippen molar-refractivity contribution in [2.75, 3.05) is 33.3 Å². The Labute approximate surface area is 213 Å². The summed E-state index contributed by atoms with van der Waals surface area (Å²) in [6, 6.07) is 19.5. The van der Waals surface area contributed by atoms with Crippen LogP contribution in [0.4, 0.5) is 8.78 Å². The highest BCUT2D eigenvalue weighted by molar-refractivity contribution is 6.06. The van der Waals surface area contributed by atoms with E-state index in [1.165, 1.54) is 24.3 Å². The topological polar surface area (TPSA) is 71.7 Å². The number of rotatable bonds is 8. The van der Waals surface area contributed by atoms with Gasteiger partial charge in [0.05, 0.1) is 19.7 Å². The molecule has 1 aromatic heterocycles.